The van der Waals surface area contributed by atoms with Gasteiger partial charge in [0.25, 0.3) is 0 Å². The number of nitrogens with zero attached hydrogens (tertiary/aromatic N) is 2. The minimum Gasteiger partial charge on any atom is -0.478 e. The summed E-state index contributed by atoms with van der Waals surface area (Å²) < 4.78 is 0. The molecule has 104 valence electrons. The molecule has 1 fully saturated rings. The lowest BCUT2D eigenvalue weighted by Crippen LogP contribution is -2.40. The molecule has 2 heterocycles. The second-order valence-electron chi connectivity index (χ2n) is 5.94. The molecular formula is C15H22N2O2. The van der Waals surface area contributed by atoms with Crippen LogP contribution in [0, 0.1) is 25.7 Å². The van der Waals surface area contributed by atoms with Crippen LogP contribution in [0.5, 0.6) is 0 Å². The zero-order valence-electron chi connectivity index (χ0n) is 12.1. The van der Waals surface area contributed by atoms with Crippen molar-refractivity contribution in [1.82, 2.24) is 4.98 Å². The molecule has 1 N–H and O–H groups in total. The molecule has 2 atom stereocenters. The largest absolute Gasteiger partial charge is 0.478 e. The van der Waals surface area contributed by atoms with Gasteiger partial charge in [-0.15, -0.1) is 0 Å². The summed E-state index contributed by atoms with van der Waals surface area (Å²) in [5, 5.41) is 9.43. The Kier molecular flexibility index (Phi) is 3.78. The van der Waals surface area contributed by atoms with Crippen LogP contribution in [0.25, 0.3) is 0 Å². The van der Waals surface area contributed by atoms with Crippen LogP contribution >= 0.6 is 0 Å². The van der Waals surface area contributed by atoms with Gasteiger partial charge in [-0.2, -0.15) is 0 Å². The van der Waals surface area contributed by atoms with E-state index in [1.54, 1.807) is 0 Å². The number of carboxylic acid groups (broad SMARTS) is 1. The van der Waals surface area contributed by atoms with Crippen molar-refractivity contribution in [3.05, 3.63) is 22.9 Å². The molecule has 1 aliphatic heterocycles. The number of carbonyl (C=O) groups is 1. The molecule has 0 bridgehead atoms. The van der Waals surface area contributed by atoms with Crippen molar-refractivity contribution >= 4 is 11.8 Å². The highest BCUT2D eigenvalue weighted by molar-refractivity contribution is 5.95. The van der Waals surface area contributed by atoms with Crippen molar-refractivity contribution in [1.29, 1.82) is 0 Å². The Labute approximate surface area is 114 Å². The van der Waals surface area contributed by atoms with Crippen LogP contribution in [0.3, 0.4) is 0 Å². The monoisotopic (exact) mass is 262 g/mol. The maximum absolute atomic E-state index is 11.5. The van der Waals surface area contributed by atoms with Gasteiger partial charge in [0.15, 0.2) is 0 Å². The first kappa shape index (κ1) is 13.8. The number of hydrogen-bond donors (Lipinski definition) is 1. The fraction of sp³-hybridized carbons (Fsp3) is 0.600. The van der Waals surface area contributed by atoms with Crippen molar-refractivity contribution in [2.24, 2.45) is 11.8 Å². The highest BCUT2D eigenvalue weighted by Crippen LogP contribution is 2.29. The Morgan fingerprint density at radius 3 is 2.42 bits per heavy atom. The summed E-state index contributed by atoms with van der Waals surface area (Å²) in [5.74, 6) is 0.912. The molecule has 19 heavy (non-hydrogen) atoms. The first-order valence-corrected chi connectivity index (χ1v) is 6.85. The molecular weight excluding hydrogens is 240 g/mol. The smallest absolute Gasteiger partial charge is 0.339 e. The second-order valence-corrected chi connectivity index (χ2v) is 5.94. The van der Waals surface area contributed by atoms with Crippen molar-refractivity contribution in [3.8, 4) is 0 Å². The third kappa shape index (κ3) is 2.88. The van der Waals surface area contributed by atoms with Gasteiger partial charge in [0, 0.05) is 18.8 Å². The summed E-state index contributed by atoms with van der Waals surface area (Å²) in [4.78, 5) is 18.1. The SMILES string of the molecule is Cc1cc(C)c(C(=O)O)c(N2CC(C)CC(C)C2)n1. The van der Waals surface area contributed by atoms with E-state index >= 15 is 0 Å². The number of aryl methyl sites for hydroxylation is 2. The predicted molar refractivity (Wildman–Crippen MR) is 75.8 cm³/mol. The molecule has 0 aromatic carbocycles. The number of piperidine rings is 1. The topological polar surface area (TPSA) is 53.4 Å². The van der Waals surface area contributed by atoms with E-state index in [0.717, 1.165) is 24.3 Å². The van der Waals surface area contributed by atoms with Crippen molar-refractivity contribution in [2.75, 3.05) is 18.0 Å². The zero-order chi connectivity index (χ0) is 14.2. The number of carboxylic acids is 1. The molecule has 0 spiro atoms. The van der Waals surface area contributed by atoms with Gasteiger partial charge < -0.3 is 10.0 Å². The molecule has 0 radical (unpaired) electrons. The average Bonchev–Trinajstić information content (AvgIpc) is 2.25. The maximum Gasteiger partial charge on any atom is 0.339 e. The second kappa shape index (κ2) is 5.19. The number of hydrogen-bond acceptors (Lipinski definition) is 3. The van der Waals surface area contributed by atoms with E-state index in [-0.39, 0.29) is 0 Å². The Morgan fingerprint density at radius 2 is 1.89 bits per heavy atom. The van der Waals surface area contributed by atoms with E-state index in [1.165, 1.54) is 6.42 Å². The lowest BCUT2D eigenvalue weighted by molar-refractivity contribution is 0.0696. The number of rotatable bonds is 2. The van der Waals surface area contributed by atoms with Gasteiger partial charge in [-0.3, -0.25) is 0 Å². The standard InChI is InChI=1S/C15H22N2O2/c1-9-5-10(2)8-17(7-9)14-13(15(18)19)11(3)6-12(4)16-14/h6,9-10H,5,7-8H2,1-4H3,(H,18,19). The van der Waals surface area contributed by atoms with E-state index in [9.17, 15) is 9.90 Å². The zero-order valence-corrected chi connectivity index (χ0v) is 12.1. The van der Waals surface area contributed by atoms with Gasteiger partial charge in [0.1, 0.15) is 11.4 Å². The van der Waals surface area contributed by atoms with E-state index < -0.39 is 5.97 Å². The molecule has 4 nitrogen and oxygen atoms in total. The molecule has 0 saturated carbocycles. The lowest BCUT2D eigenvalue weighted by atomic mass is 9.91. The van der Waals surface area contributed by atoms with Crippen LogP contribution < -0.4 is 4.90 Å². The van der Waals surface area contributed by atoms with Gasteiger partial charge in [-0.25, -0.2) is 9.78 Å². The molecule has 1 aromatic heterocycles. The highest BCUT2D eigenvalue weighted by atomic mass is 16.4. The summed E-state index contributed by atoms with van der Waals surface area (Å²) >= 11 is 0. The lowest BCUT2D eigenvalue weighted by Gasteiger charge is -2.36. The molecule has 1 aliphatic rings. The minimum absolute atomic E-state index is 0.354. The minimum atomic E-state index is -0.883. The van der Waals surface area contributed by atoms with Crippen LogP contribution in [0.2, 0.25) is 0 Å². The summed E-state index contributed by atoms with van der Waals surface area (Å²) in [6.07, 6.45) is 1.20. The van der Waals surface area contributed by atoms with Crippen molar-refractivity contribution in [3.63, 3.8) is 0 Å². The number of pyridine rings is 1. The molecule has 4 heteroatoms. The molecule has 1 saturated heterocycles. The first-order chi connectivity index (χ1) is 8.88. The molecule has 1 aromatic rings. The number of aromatic carboxylic acids is 1. The Bertz CT molecular complexity index is 489. The molecule has 2 unspecified atom stereocenters. The normalized spacial score (nSPS) is 23.5. The molecule has 0 aliphatic carbocycles. The van der Waals surface area contributed by atoms with Crippen LogP contribution in [0.4, 0.5) is 5.82 Å². The number of anilines is 1. The van der Waals surface area contributed by atoms with Gasteiger partial charge in [-0.05, 0) is 43.7 Å². The van der Waals surface area contributed by atoms with Crippen LogP contribution in [0.1, 0.15) is 41.9 Å². The van der Waals surface area contributed by atoms with Gasteiger partial charge in [0.2, 0.25) is 0 Å². The van der Waals surface area contributed by atoms with Crippen LogP contribution in [-0.2, 0) is 0 Å². The summed E-state index contributed by atoms with van der Waals surface area (Å²) in [6.45, 7) is 9.97. The van der Waals surface area contributed by atoms with Crippen LogP contribution in [-0.4, -0.2) is 29.1 Å². The van der Waals surface area contributed by atoms with Gasteiger partial charge in [0.05, 0.1) is 0 Å². The van der Waals surface area contributed by atoms with E-state index in [1.807, 2.05) is 19.9 Å². The predicted octanol–water partition coefficient (Wildman–Crippen LogP) is 2.88. The Hall–Kier alpha value is -1.58. The van der Waals surface area contributed by atoms with Crippen molar-refractivity contribution < 1.29 is 9.90 Å². The summed E-state index contributed by atoms with van der Waals surface area (Å²) in [7, 11) is 0. The molecule has 2 rings (SSSR count). The average molecular weight is 262 g/mol. The van der Waals surface area contributed by atoms with Gasteiger partial charge in [-0.1, -0.05) is 13.8 Å². The van der Waals surface area contributed by atoms with E-state index in [4.69, 9.17) is 0 Å². The Balaban J connectivity index is 2.45. The molecule has 0 amide bonds. The van der Waals surface area contributed by atoms with E-state index in [2.05, 4.69) is 23.7 Å². The summed E-state index contributed by atoms with van der Waals surface area (Å²) in [5.41, 5.74) is 2.02. The third-order valence-electron chi connectivity index (χ3n) is 3.71. The Morgan fingerprint density at radius 1 is 1.32 bits per heavy atom. The number of aromatic nitrogens is 1. The fourth-order valence-electron chi connectivity index (χ4n) is 3.15. The third-order valence-corrected chi connectivity index (χ3v) is 3.71. The highest BCUT2D eigenvalue weighted by Gasteiger charge is 2.27. The van der Waals surface area contributed by atoms with Crippen LogP contribution in [0.15, 0.2) is 6.07 Å². The first-order valence-electron chi connectivity index (χ1n) is 6.85. The quantitative estimate of drug-likeness (QED) is 0.890. The van der Waals surface area contributed by atoms with E-state index in [0.29, 0.717) is 23.2 Å². The van der Waals surface area contributed by atoms with Gasteiger partial charge >= 0.3 is 5.97 Å². The maximum atomic E-state index is 11.5. The fourth-order valence-corrected chi connectivity index (χ4v) is 3.15. The van der Waals surface area contributed by atoms with Crippen molar-refractivity contribution in [2.45, 2.75) is 34.1 Å². The summed E-state index contributed by atoms with van der Waals surface area (Å²) in [6, 6.07) is 1.84.